The van der Waals surface area contributed by atoms with Crippen molar-refractivity contribution in [3.8, 4) is 0 Å². The zero-order valence-corrected chi connectivity index (χ0v) is 10.7. The predicted molar refractivity (Wildman–Crippen MR) is 74.9 cm³/mol. The van der Waals surface area contributed by atoms with Crippen LogP contribution >= 0.6 is 0 Å². The fourth-order valence-electron chi connectivity index (χ4n) is 1.46. The number of benzene rings is 1. The van der Waals surface area contributed by atoms with Crippen LogP contribution in [0.1, 0.15) is 5.56 Å². The fourth-order valence-corrected chi connectivity index (χ4v) is 1.46. The minimum atomic E-state index is -0.422. The van der Waals surface area contributed by atoms with Crippen molar-refractivity contribution in [2.24, 2.45) is 0 Å². The molecule has 0 spiro atoms. The molecule has 102 valence electrons. The van der Waals surface area contributed by atoms with Crippen molar-refractivity contribution >= 4 is 19.2 Å². The Bertz CT molecular complexity index is 391. The molecule has 0 saturated heterocycles. The average molecular weight is 263 g/mol. The molecular weight excluding hydrogens is 245 g/mol. The molecular formula is C13H18BNO4. The summed E-state index contributed by atoms with van der Waals surface area (Å²) in [5.41, 5.74) is 1.01. The Kier molecular flexibility index (Phi) is 7.57. The zero-order valence-electron chi connectivity index (χ0n) is 10.7. The van der Waals surface area contributed by atoms with Crippen molar-refractivity contribution in [3.63, 3.8) is 0 Å². The number of rotatable bonds is 8. The Hall–Kier alpha value is -1.63. The predicted octanol–water partition coefficient (Wildman–Crippen LogP) is 0.432. The smallest absolute Gasteiger partial charge is 0.288 e. The molecule has 1 rings (SSSR count). The monoisotopic (exact) mass is 263 g/mol. The van der Waals surface area contributed by atoms with Gasteiger partial charge in [-0.1, -0.05) is 36.4 Å². The summed E-state index contributed by atoms with van der Waals surface area (Å²) in [6.07, 6.45) is 1.84. The van der Waals surface area contributed by atoms with Crippen LogP contribution in [0.5, 0.6) is 0 Å². The largest absolute Gasteiger partial charge is 0.395 e. The summed E-state index contributed by atoms with van der Waals surface area (Å²) in [5, 5.41) is 18.8. The second kappa shape index (κ2) is 9.32. The summed E-state index contributed by atoms with van der Waals surface area (Å²) in [6.45, 7) is 0.115. The molecule has 0 bridgehead atoms. The van der Waals surface area contributed by atoms with E-state index in [2.05, 4.69) is 0 Å². The van der Waals surface area contributed by atoms with Gasteiger partial charge in [0.05, 0.1) is 26.3 Å². The summed E-state index contributed by atoms with van der Waals surface area (Å²) in [4.78, 5) is 16.5. The molecule has 5 nitrogen and oxygen atoms in total. The lowest BCUT2D eigenvalue weighted by molar-refractivity contribution is -0.103. The maximum atomic E-state index is 11.5. The number of aliphatic hydroxyl groups excluding tert-OH is 2. The van der Waals surface area contributed by atoms with Gasteiger partial charge in [-0.2, -0.15) is 0 Å². The molecule has 0 aliphatic heterocycles. The van der Waals surface area contributed by atoms with E-state index in [1.807, 2.05) is 36.4 Å². The van der Waals surface area contributed by atoms with Crippen molar-refractivity contribution in [2.45, 2.75) is 0 Å². The number of carbonyl (C=O) groups excluding carboxylic acids is 1. The molecule has 0 amide bonds. The summed E-state index contributed by atoms with van der Waals surface area (Å²) in [6, 6.07) is 9.63. The quantitative estimate of drug-likeness (QED) is 0.526. The average Bonchev–Trinajstić information content (AvgIpc) is 2.40. The Labute approximate surface area is 113 Å². The number of aliphatic hydroxyl groups is 2. The van der Waals surface area contributed by atoms with Crippen molar-refractivity contribution in [2.75, 3.05) is 26.3 Å². The van der Waals surface area contributed by atoms with Crippen LogP contribution in [0.4, 0.5) is 4.79 Å². The van der Waals surface area contributed by atoms with Gasteiger partial charge in [0.15, 0.2) is 0 Å². The van der Waals surface area contributed by atoms with Crippen molar-refractivity contribution in [3.05, 3.63) is 41.9 Å². The standard InChI is InChI=1S/C13H18BNO4/c16-10-8-15(9-11-17)19-13(18)14-7-6-12-4-2-1-3-5-12/h1-7,14,16-17H,8-11H2. The first-order valence-corrected chi connectivity index (χ1v) is 6.15. The second-order valence-electron chi connectivity index (χ2n) is 3.86. The molecule has 2 N–H and O–H groups in total. The molecule has 0 fully saturated rings. The van der Waals surface area contributed by atoms with E-state index in [0.29, 0.717) is 0 Å². The van der Waals surface area contributed by atoms with Crippen LogP contribution in [0.3, 0.4) is 0 Å². The molecule has 1 aromatic carbocycles. The van der Waals surface area contributed by atoms with Crippen LogP contribution in [0.2, 0.25) is 0 Å². The molecule has 19 heavy (non-hydrogen) atoms. The Morgan fingerprint density at radius 1 is 1.21 bits per heavy atom. The minimum Gasteiger partial charge on any atom is -0.395 e. The summed E-state index contributed by atoms with van der Waals surface area (Å²) >= 11 is 0. The maximum absolute atomic E-state index is 11.5. The lowest BCUT2D eigenvalue weighted by Gasteiger charge is -2.18. The molecule has 1 aromatic rings. The normalized spacial score (nSPS) is 10.9. The molecule has 0 radical (unpaired) electrons. The van der Waals surface area contributed by atoms with Gasteiger partial charge in [0.1, 0.15) is 0 Å². The highest BCUT2D eigenvalue weighted by Crippen LogP contribution is 2.00. The van der Waals surface area contributed by atoms with Crippen LogP contribution in [0.25, 0.3) is 6.08 Å². The van der Waals surface area contributed by atoms with Gasteiger partial charge >= 0.3 is 0 Å². The summed E-state index contributed by atoms with van der Waals surface area (Å²) in [5.74, 6) is 1.29. The first-order chi connectivity index (χ1) is 9.26. The van der Waals surface area contributed by atoms with E-state index in [4.69, 9.17) is 15.1 Å². The van der Waals surface area contributed by atoms with E-state index in [-0.39, 0.29) is 33.6 Å². The highest BCUT2D eigenvalue weighted by molar-refractivity contribution is 6.76. The second-order valence-corrected chi connectivity index (χ2v) is 3.86. The minimum absolute atomic E-state index is 0.132. The lowest BCUT2D eigenvalue weighted by atomic mass is 9.78. The van der Waals surface area contributed by atoms with Gasteiger partial charge in [-0.05, 0) is 5.56 Å². The number of nitrogens with zero attached hydrogens (tertiary/aromatic N) is 1. The van der Waals surface area contributed by atoms with Gasteiger partial charge < -0.3 is 15.1 Å². The third-order valence-corrected chi connectivity index (χ3v) is 2.32. The molecule has 6 heteroatoms. The van der Waals surface area contributed by atoms with E-state index in [1.165, 1.54) is 5.06 Å². The molecule has 0 aliphatic rings. The van der Waals surface area contributed by atoms with E-state index in [9.17, 15) is 4.79 Å². The van der Waals surface area contributed by atoms with Gasteiger partial charge in [0.25, 0.3) is 13.1 Å². The van der Waals surface area contributed by atoms with Crippen LogP contribution in [-0.2, 0) is 4.84 Å². The number of hydrogen-bond acceptors (Lipinski definition) is 5. The fraction of sp³-hybridized carbons (Fsp3) is 0.308. The highest BCUT2D eigenvalue weighted by Gasteiger charge is 2.10. The van der Waals surface area contributed by atoms with Crippen LogP contribution in [0.15, 0.2) is 36.3 Å². The number of hydroxylamine groups is 2. The number of hydrogen-bond donors (Lipinski definition) is 2. The topological polar surface area (TPSA) is 70.0 Å². The third kappa shape index (κ3) is 6.76. The van der Waals surface area contributed by atoms with Gasteiger partial charge in [-0.25, -0.2) is 0 Å². The van der Waals surface area contributed by atoms with Crippen LogP contribution in [0, 0.1) is 0 Å². The molecule has 0 atom stereocenters. The van der Waals surface area contributed by atoms with Crippen molar-refractivity contribution < 1.29 is 19.8 Å². The maximum Gasteiger partial charge on any atom is 0.288 e. The Balaban J connectivity index is 2.36. The molecule has 0 aromatic heterocycles. The molecule has 0 heterocycles. The van der Waals surface area contributed by atoms with E-state index >= 15 is 0 Å². The van der Waals surface area contributed by atoms with Gasteiger partial charge in [0, 0.05) is 0 Å². The molecule has 0 saturated carbocycles. The number of carbonyl (C=O) groups is 1. The van der Waals surface area contributed by atoms with E-state index in [1.54, 1.807) is 5.98 Å². The summed E-state index contributed by atoms with van der Waals surface area (Å²) in [7, 11) is 0.141. The lowest BCUT2D eigenvalue weighted by Crippen LogP contribution is -2.33. The van der Waals surface area contributed by atoms with Crippen LogP contribution < -0.4 is 0 Å². The molecule has 0 aliphatic carbocycles. The van der Waals surface area contributed by atoms with E-state index < -0.39 is 5.87 Å². The zero-order chi connectivity index (χ0) is 13.9. The first-order valence-electron chi connectivity index (χ1n) is 6.15. The Morgan fingerprint density at radius 3 is 2.42 bits per heavy atom. The highest BCUT2D eigenvalue weighted by atomic mass is 16.7. The van der Waals surface area contributed by atoms with Crippen molar-refractivity contribution in [1.82, 2.24) is 5.06 Å². The Morgan fingerprint density at radius 2 is 1.84 bits per heavy atom. The molecule has 0 unspecified atom stereocenters. The summed E-state index contributed by atoms with van der Waals surface area (Å²) < 4.78 is 0. The van der Waals surface area contributed by atoms with Crippen molar-refractivity contribution in [1.29, 1.82) is 0 Å². The van der Waals surface area contributed by atoms with Gasteiger partial charge in [-0.15, -0.1) is 11.0 Å². The third-order valence-electron chi connectivity index (χ3n) is 2.32. The van der Waals surface area contributed by atoms with Gasteiger partial charge in [0.2, 0.25) is 0 Å². The van der Waals surface area contributed by atoms with Crippen LogP contribution in [-0.4, -0.2) is 54.7 Å². The SMILES string of the molecule is O=C(BC=Cc1ccccc1)ON(CCO)CCO. The van der Waals surface area contributed by atoms with E-state index in [0.717, 1.165) is 5.56 Å². The first kappa shape index (κ1) is 15.4. The van der Waals surface area contributed by atoms with Gasteiger partial charge in [-0.3, -0.25) is 4.79 Å².